The van der Waals surface area contributed by atoms with Crippen molar-refractivity contribution >= 4 is 22.9 Å². The van der Waals surface area contributed by atoms with Crippen LogP contribution in [0.4, 0.5) is 14.5 Å². The Morgan fingerprint density at radius 1 is 1.30 bits per heavy atom. The van der Waals surface area contributed by atoms with Gasteiger partial charge in [-0.1, -0.05) is 12.2 Å². The second-order valence-corrected chi connectivity index (χ2v) is 5.93. The van der Waals surface area contributed by atoms with Gasteiger partial charge < -0.3 is 15.7 Å². The van der Waals surface area contributed by atoms with Gasteiger partial charge in [0.2, 0.25) is 0 Å². The van der Waals surface area contributed by atoms with E-state index in [0.717, 1.165) is 12.1 Å². The number of rotatable bonds is 2. The molecule has 0 spiro atoms. The molecule has 0 aromatic heterocycles. The first-order valence-electron chi connectivity index (χ1n) is 6.56. The maximum atomic E-state index is 14.1. The summed E-state index contributed by atoms with van der Waals surface area (Å²) >= 11 is 4.73. The van der Waals surface area contributed by atoms with Crippen molar-refractivity contribution in [1.82, 2.24) is 0 Å². The molecule has 0 amide bonds. The van der Waals surface area contributed by atoms with Crippen LogP contribution in [-0.4, -0.2) is 28.8 Å². The van der Waals surface area contributed by atoms with E-state index in [1.165, 1.54) is 0 Å². The van der Waals surface area contributed by atoms with Gasteiger partial charge in [0.1, 0.15) is 22.3 Å². The summed E-state index contributed by atoms with van der Waals surface area (Å²) in [6.45, 7) is 2.67. The van der Waals surface area contributed by atoms with Crippen LogP contribution in [0, 0.1) is 11.6 Å². The van der Waals surface area contributed by atoms with E-state index >= 15 is 0 Å². The molecule has 3 nitrogen and oxygen atoms in total. The molecule has 1 aliphatic heterocycles. The van der Waals surface area contributed by atoms with Crippen molar-refractivity contribution in [2.45, 2.75) is 31.8 Å². The second kappa shape index (κ2) is 5.61. The van der Waals surface area contributed by atoms with Crippen molar-refractivity contribution in [3.8, 4) is 0 Å². The first-order chi connectivity index (χ1) is 9.30. The lowest BCUT2D eigenvalue weighted by molar-refractivity contribution is 0.0481. The van der Waals surface area contributed by atoms with Crippen molar-refractivity contribution in [3.63, 3.8) is 0 Å². The second-order valence-electron chi connectivity index (χ2n) is 5.49. The SMILES string of the molecule is CC1(O)CCCN(c2c(F)cc(C(N)=S)cc2F)CC1. The predicted molar refractivity (Wildman–Crippen MR) is 78.9 cm³/mol. The van der Waals surface area contributed by atoms with E-state index in [1.807, 2.05) is 0 Å². The Hall–Kier alpha value is -1.27. The molecule has 1 saturated heterocycles. The van der Waals surface area contributed by atoms with E-state index in [-0.39, 0.29) is 16.2 Å². The Bertz CT molecular complexity index is 511. The van der Waals surface area contributed by atoms with Crippen LogP contribution in [0.3, 0.4) is 0 Å². The number of anilines is 1. The summed E-state index contributed by atoms with van der Waals surface area (Å²) in [5.74, 6) is -1.34. The van der Waals surface area contributed by atoms with Gasteiger partial charge in [-0.15, -0.1) is 0 Å². The summed E-state index contributed by atoms with van der Waals surface area (Å²) in [5.41, 5.74) is 4.73. The molecule has 1 fully saturated rings. The summed E-state index contributed by atoms with van der Waals surface area (Å²) in [6.07, 6.45) is 1.78. The molecule has 20 heavy (non-hydrogen) atoms. The zero-order valence-corrected chi connectivity index (χ0v) is 12.1. The molecule has 1 aromatic carbocycles. The van der Waals surface area contributed by atoms with Crippen LogP contribution in [0.2, 0.25) is 0 Å². The van der Waals surface area contributed by atoms with Gasteiger partial charge in [-0.3, -0.25) is 0 Å². The van der Waals surface area contributed by atoms with Crippen LogP contribution in [0.15, 0.2) is 12.1 Å². The zero-order chi connectivity index (χ0) is 14.9. The van der Waals surface area contributed by atoms with Crippen molar-refractivity contribution in [2.75, 3.05) is 18.0 Å². The van der Waals surface area contributed by atoms with Gasteiger partial charge in [-0.25, -0.2) is 8.78 Å². The summed E-state index contributed by atoms with van der Waals surface area (Å²) in [5, 5.41) is 10.0. The standard InChI is InChI=1S/C14H18F2N2OS/c1-14(19)3-2-5-18(6-4-14)12-10(15)7-9(13(17)20)8-11(12)16/h7-8,19H,2-6H2,1H3,(H2,17,20). The number of halogens is 2. The molecule has 0 aliphatic carbocycles. The fourth-order valence-corrected chi connectivity index (χ4v) is 2.61. The van der Waals surface area contributed by atoms with Crippen molar-refractivity contribution in [3.05, 3.63) is 29.3 Å². The molecule has 1 heterocycles. The maximum absolute atomic E-state index is 14.1. The fourth-order valence-electron chi connectivity index (χ4n) is 2.50. The lowest BCUT2D eigenvalue weighted by Crippen LogP contribution is -2.29. The molecule has 0 saturated carbocycles. The van der Waals surface area contributed by atoms with Gasteiger partial charge in [0, 0.05) is 18.7 Å². The van der Waals surface area contributed by atoms with E-state index in [4.69, 9.17) is 18.0 Å². The molecular formula is C14H18F2N2OS. The highest BCUT2D eigenvalue weighted by Crippen LogP contribution is 2.29. The van der Waals surface area contributed by atoms with Gasteiger partial charge in [-0.2, -0.15) is 0 Å². The zero-order valence-electron chi connectivity index (χ0n) is 11.3. The first kappa shape index (κ1) is 15.1. The van der Waals surface area contributed by atoms with Gasteiger partial charge in [0.15, 0.2) is 0 Å². The molecule has 3 N–H and O–H groups in total. The van der Waals surface area contributed by atoms with E-state index < -0.39 is 17.2 Å². The van der Waals surface area contributed by atoms with Crippen molar-refractivity contribution in [2.24, 2.45) is 5.73 Å². The van der Waals surface area contributed by atoms with Crippen molar-refractivity contribution < 1.29 is 13.9 Å². The fraction of sp³-hybridized carbons (Fsp3) is 0.500. The number of nitrogens with two attached hydrogens (primary N) is 1. The first-order valence-corrected chi connectivity index (χ1v) is 6.97. The third kappa shape index (κ3) is 3.24. The highest BCUT2D eigenvalue weighted by Gasteiger charge is 2.27. The summed E-state index contributed by atoms with van der Waals surface area (Å²) in [6, 6.07) is 2.31. The molecule has 1 atom stereocenters. The maximum Gasteiger partial charge on any atom is 0.150 e. The monoisotopic (exact) mass is 300 g/mol. The van der Waals surface area contributed by atoms with Crippen LogP contribution in [0.1, 0.15) is 31.7 Å². The third-order valence-corrected chi connectivity index (χ3v) is 3.92. The molecule has 1 aromatic rings. The van der Waals surface area contributed by atoms with E-state index in [1.54, 1.807) is 11.8 Å². The van der Waals surface area contributed by atoms with Crippen LogP contribution >= 0.6 is 12.2 Å². The van der Waals surface area contributed by atoms with Crippen LogP contribution in [0.25, 0.3) is 0 Å². The molecule has 6 heteroatoms. The Labute approximate surface area is 122 Å². The lowest BCUT2D eigenvalue weighted by atomic mass is 9.98. The number of hydrogen-bond donors (Lipinski definition) is 2. The number of aliphatic hydroxyl groups is 1. The minimum Gasteiger partial charge on any atom is -0.390 e. The van der Waals surface area contributed by atoms with E-state index in [2.05, 4.69) is 0 Å². The average Bonchev–Trinajstić information content (AvgIpc) is 2.50. The Morgan fingerprint density at radius 3 is 2.45 bits per heavy atom. The number of benzene rings is 1. The van der Waals surface area contributed by atoms with E-state index in [0.29, 0.717) is 32.4 Å². The number of hydrogen-bond acceptors (Lipinski definition) is 3. The van der Waals surface area contributed by atoms with E-state index in [9.17, 15) is 13.9 Å². The van der Waals surface area contributed by atoms with Crippen molar-refractivity contribution in [1.29, 1.82) is 0 Å². The molecule has 110 valence electrons. The van der Waals surface area contributed by atoms with Crippen LogP contribution in [-0.2, 0) is 0 Å². The smallest absolute Gasteiger partial charge is 0.150 e. The van der Waals surface area contributed by atoms with Crippen LogP contribution < -0.4 is 10.6 Å². The lowest BCUT2D eigenvalue weighted by Gasteiger charge is -2.25. The molecule has 0 bridgehead atoms. The van der Waals surface area contributed by atoms with Gasteiger partial charge in [0.05, 0.1) is 5.60 Å². The van der Waals surface area contributed by atoms with Gasteiger partial charge in [0.25, 0.3) is 0 Å². The quantitative estimate of drug-likeness (QED) is 0.823. The summed E-state index contributed by atoms with van der Waals surface area (Å²) in [4.78, 5) is 1.60. The summed E-state index contributed by atoms with van der Waals surface area (Å²) in [7, 11) is 0. The Balaban J connectivity index is 2.31. The Morgan fingerprint density at radius 2 is 1.90 bits per heavy atom. The predicted octanol–water partition coefficient (Wildman–Crippen LogP) is 2.34. The third-order valence-electron chi connectivity index (χ3n) is 3.68. The molecular weight excluding hydrogens is 282 g/mol. The number of thiocarbonyl (C=S) groups is 1. The molecule has 2 rings (SSSR count). The highest BCUT2D eigenvalue weighted by molar-refractivity contribution is 7.80. The van der Waals surface area contributed by atoms with Gasteiger partial charge in [-0.05, 0) is 38.3 Å². The topological polar surface area (TPSA) is 49.5 Å². The largest absolute Gasteiger partial charge is 0.390 e. The van der Waals surface area contributed by atoms with Gasteiger partial charge >= 0.3 is 0 Å². The Kier molecular flexibility index (Phi) is 4.25. The molecule has 1 unspecified atom stereocenters. The number of nitrogens with zero attached hydrogens (tertiary/aromatic N) is 1. The molecule has 0 radical (unpaired) electrons. The van der Waals surface area contributed by atoms with Crippen LogP contribution in [0.5, 0.6) is 0 Å². The minimum atomic E-state index is -0.777. The normalized spacial score (nSPS) is 23.5. The molecule has 1 aliphatic rings. The summed E-state index contributed by atoms with van der Waals surface area (Å²) < 4.78 is 28.2. The minimum absolute atomic E-state index is 0.0341. The average molecular weight is 300 g/mol. The highest BCUT2D eigenvalue weighted by atomic mass is 32.1.